The van der Waals surface area contributed by atoms with Gasteiger partial charge < -0.3 is 0 Å². The molecule has 3 heterocycles. The first-order chi connectivity index (χ1) is 10.4. The van der Waals surface area contributed by atoms with E-state index in [0.717, 1.165) is 28.0 Å². The second-order valence-electron chi connectivity index (χ2n) is 4.69. The Labute approximate surface area is 121 Å². The van der Waals surface area contributed by atoms with E-state index >= 15 is 0 Å². The molecule has 0 amide bonds. The van der Waals surface area contributed by atoms with Crippen molar-refractivity contribution in [3.63, 3.8) is 0 Å². The quantitative estimate of drug-likeness (QED) is 0.561. The van der Waals surface area contributed by atoms with Crippen LogP contribution in [-0.4, -0.2) is 19.7 Å². The molecule has 0 fully saturated rings. The molecule has 0 aliphatic heterocycles. The second kappa shape index (κ2) is 4.83. The summed E-state index contributed by atoms with van der Waals surface area (Å²) in [4.78, 5) is 8.78. The Hall–Kier alpha value is -3.01. The normalized spacial score (nSPS) is 10.9. The number of pyridine rings is 2. The molecule has 4 aromatic rings. The lowest BCUT2D eigenvalue weighted by molar-refractivity contribution is 0.854. The molecule has 3 aromatic heterocycles. The summed E-state index contributed by atoms with van der Waals surface area (Å²) >= 11 is 0. The van der Waals surface area contributed by atoms with Crippen molar-refractivity contribution in [3.05, 3.63) is 73.2 Å². The van der Waals surface area contributed by atoms with Crippen LogP contribution in [0, 0.1) is 0 Å². The van der Waals surface area contributed by atoms with Crippen LogP contribution in [0.4, 0.5) is 0 Å². The highest BCUT2D eigenvalue weighted by Crippen LogP contribution is 2.28. The molecule has 4 heteroatoms. The predicted molar refractivity (Wildman–Crippen MR) is 82.1 cm³/mol. The number of rotatable bonds is 2. The minimum atomic E-state index is 0.804. The molecule has 100 valence electrons. The zero-order chi connectivity index (χ0) is 14.1. The molecule has 0 aliphatic rings. The molecule has 0 N–H and O–H groups in total. The van der Waals surface area contributed by atoms with E-state index in [9.17, 15) is 0 Å². The minimum absolute atomic E-state index is 0.804. The molecule has 0 saturated carbocycles. The SMILES string of the molecule is c1ccc(-n2nccc2-c2ccnc3ccccc23)nc1. The number of hydrogen-bond donors (Lipinski definition) is 0. The van der Waals surface area contributed by atoms with Crippen LogP contribution in [0.1, 0.15) is 0 Å². The average Bonchev–Trinajstić information content (AvgIpc) is 3.04. The van der Waals surface area contributed by atoms with Gasteiger partial charge in [0, 0.05) is 23.3 Å². The lowest BCUT2D eigenvalue weighted by Crippen LogP contribution is -2.01. The maximum absolute atomic E-state index is 4.41. The van der Waals surface area contributed by atoms with Gasteiger partial charge in [0.15, 0.2) is 5.82 Å². The Bertz CT molecular complexity index is 891. The van der Waals surface area contributed by atoms with Crippen molar-refractivity contribution < 1.29 is 0 Å². The summed E-state index contributed by atoms with van der Waals surface area (Å²) in [6, 6.07) is 17.9. The highest BCUT2D eigenvalue weighted by Gasteiger charge is 2.11. The van der Waals surface area contributed by atoms with E-state index in [1.54, 1.807) is 12.4 Å². The topological polar surface area (TPSA) is 43.6 Å². The number of nitrogens with zero attached hydrogens (tertiary/aromatic N) is 4. The van der Waals surface area contributed by atoms with Crippen molar-refractivity contribution in [3.8, 4) is 17.1 Å². The zero-order valence-electron chi connectivity index (χ0n) is 11.2. The molecule has 1 aromatic carbocycles. The van der Waals surface area contributed by atoms with E-state index in [-0.39, 0.29) is 0 Å². The molecule has 0 unspecified atom stereocenters. The largest absolute Gasteiger partial charge is 0.256 e. The van der Waals surface area contributed by atoms with Crippen LogP contribution in [0.25, 0.3) is 28.0 Å². The summed E-state index contributed by atoms with van der Waals surface area (Å²) in [6.45, 7) is 0. The Kier molecular flexibility index (Phi) is 2.71. The van der Waals surface area contributed by atoms with Crippen LogP contribution in [0.2, 0.25) is 0 Å². The number of hydrogen-bond acceptors (Lipinski definition) is 3. The molecule has 0 radical (unpaired) electrons. The molecule has 0 atom stereocenters. The minimum Gasteiger partial charge on any atom is -0.256 e. The Morgan fingerprint density at radius 3 is 2.52 bits per heavy atom. The molecule has 4 rings (SSSR count). The summed E-state index contributed by atoms with van der Waals surface area (Å²) in [7, 11) is 0. The Morgan fingerprint density at radius 1 is 0.714 bits per heavy atom. The monoisotopic (exact) mass is 272 g/mol. The second-order valence-corrected chi connectivity index (χ2v) is 4.69. The van der Waals surface area contributed by atoms with Crippen LogP contribution in [-0.2, 0) is 0 Å². The van der Waals surface area contributed by atoms with E-state index in [1.807, 2.05) is 59.4 Å². The van der Waals surface area contributed by atoms with Crippen LogP contribution in [0.15, 0.2) is 73.2 Å². The smallest absolute Gasteiger partial charge is 0.153 e. The van der Waals surface area contributed by atoms with Gasteiger partial charge in [0.2, 0.25) is 0 Å². The van der Waals surface area contributed by atoms with Gasteiger partial charge in [-0.15, -0.1) is 0 Å². The molecule has 4 nitrogen and oxygen atoms in total. The molecule has 0 aliphatic carbocycles. The fraction of sp³-hybridized carbons (Fsp3) is 0. The van der Waals surface area contributed by atoms with Crippen LogP contribution in [0.5, 0.6) is 0 Å². The van der Waals surface area contributed by atoms with Gasteiger partial charge in [0.1, 0.15) is 0 Å². The number of para-hydroxylation sites is 1. The lowest BCUT2D eigenvalue weighted by Gasteiger charge is -2.09. The number of aromatic nitrogens is 4. The Balaban J connectivity index is 1.97. The van der Waals surface area contributed by atoms with E-state index in [1.165, 1.54) is 0 Å². The summed E-state index contributed by atoms with van der Waals surface area (Å²) in [5.74, 6) is 0.804. The molecule has 21 heavy (non-hydrogen) atoms. The zero-order valence-corrected chi connectivity index (χ0v) is 11.2. The van der Waals surface area contributed by atoms with E-state index in [0.29, 0.717) is 0 Å². The standard InChI is InChI=1S/C17H12N4/c1-2-6-15-13(5-1)14(8-11-18-15)16-9-12-20-21(16)17-7-3-4-10-19-17/h1-12H. The average molecular weight is 272 g/mol. The summed E-state index contributed by atoms with van der Waals surface area (Å²) < 4.78 is 1.85. The lowest BCUT2D eigenvalue weighted by atomic mass is 10.1. The highest BCUT2D eigenvalue weighted by atomic mass is 15.3. The molecular weight excluding hydrogens is 260 g/mol. The van der Waals surface area contributed by atoms with Crippen molar-refractivity contribution in [2.24, 2.45) is 0 Å². The van der Waals surface area contributed by atoms with Crippen molar-refractivity contribution in [2.45, 2.75) is 0 Å². The molecule has 0 spiro atoms. The predicted octanol–water partition coefficient (Wildman–Crippen LogP) is 3.48. The fourth-order valence-electron chi connectivity index (χ4n) is 2.49. The van der Waals surface area contributed by atoms with Gasteiger partial charge in [0.25, 0.3) is 0 Å². The number of fused-ring (bicyclic) bond motifs is 1. The first-order valence-electron chi connectivity index (χ1n) is 6.73. The first kappa shape index (κ1) is 11.8. The molecular formula is C17H12N4. The van der Waals surface area contributed by atoms with E-state index in [2.05, 4.69) is 21.1 Å². The third-order valence-corrected chi connectivity index (χ3v) is 3.43. The van der Waals surface area contributed by atoms with Crippen molar-refractivity contribution >= 4 is 10.9 Å². The first-order valence-corrected chi connectivity index (χ1v) is 6.73. The van der Waals surface area contributed by atoms with Crippen LogP contribution < -0.4 is 0 Å². The van der Waals surface area contributed by atoms with Crippen LogP contribution in [0.3, 0.4) is 0 Å². The molecule has 0 bridgehead atoms. The van der Waals surface area contributed by atoms with Gasteiger partial charge >= 0.3 is 0 Å². The third kappa shape index (κ3) is 1.97. The summed E-state index contributed by atoms with van der Waals surface area (Å²) in [5.41, 5.74) is 3.08. The van der Waals surface area contributed by atoms with Gasteiger partial charge in [-0.3, -0.25) is 4.98 Å². The van der Waals surface area contributed by atoms with Gasteiger partial charge in [-0.1, -0.05) is 24.3 Å². The maximum Gasteiger partial charge on any atom is 0.153 e. The van der Waals surface area contributed by atoms with Gasteiger partial charge in [-0.2, -0.15) is 5.10 Å². The van der Waals surface area contributed by atoms with Gasteiger partial charge in [-0.25, -0.2) is 9.67 Å². The number of benzene rings is 1. The van der Waals surface area contributed by atoms with Gasteiger partial charge in [-0.05, 0) is 30.3 Å². The molecule has 0 saturated heterocycles. The van der Waals surface area contributed by atoms with Crippen molar-refractivity contribution in [1.82, 2.24) is 19.7 Å². The highest BCUT2D eigenvalue weighted by molar-refractivity contribution is 5.93. The van der Waals surface area contributed by atoms with E-state index < -0.39 is 0 Å². The van der Waals surface area contributed by atoms with E-state index in [4.69, 9.17) is 0 Å². The van der Waals surface area contributed by atoms with Crippen molar-refractivity contribution in [2.75, 3.05) is 0 Å². The Morgan fingerprint density at radius 2 is 1.62 bits per heavy atom. The third-order valence-electron chi connectivity index (χ3n) is 3.43. The summed E-state index contributed by atoms with van der Waals surface area (Å²) in [5, 5.41) is 5.51. The maximum atomic E-state index is 4.41. The fourth-order valence-corrected chi connectivity index (χ4v) is 2.49. The van der Waals surface area contributed by atoms with Crippen LogP contribution >= 0.6 is 0 Å². The summed E-state index contributed by atoms with van der Waals surface area (Å²) in [6.07, 6.45) is 5.39. The van der Waals surface area contributed by atoms with Gasteiger partial charge in [0.05, 0.1) is 17.4 Å². The van der Waals surface area contributed by atoms with Crippen molar-refractivity contribution in [1.29, 1.82) is 0 Å².